The molecule has 0 saturated carbocycles. The first kappa shape index (κ1) is 19.0. The first-order valence-electron chi connectivity index (χ1n) is 8.67. The number of nitrogens with one attached hydrogen (secondary N) is 1. The second-order valence-corrected chi connectivity index (χ2v) is 6.20. The lowest BCUT2D eigenvalue weighted by atomic mass is 9.99. The first-order chi connectivity index (χ1) is 13.5. The van der Waals surface area contributed by atoms with Gasteiger partial charge in [-0.05, 0) is 17.7 Å². The minimum absolute atomic E-state index is 0.103. The Hall–Kier alpha value is -3.80. The Bertz CT molecular complexity index is 970. The number of aromatic nitrogens is 1. The van der Waals surface area contributed by atoms with Crippen LogP contribution in [0.1, 0.15) is 31.8 Å². The van der Waals surface area contributed by atoms with Crippen LogP contribution < -0.4 is 5.32 Å². The highest BCUT2D eigenvalue weighted by Crippen LogP contribution is 2.13. The molecule has 3 aromatic rings. The number of rotatable bonds is 7. The average molecular weight is 374 g/mol. The zero-order valence-corrected chi connectivity index (χ0v) is 14.9. The lowest BCUT2D eigenvalue weighted by Gasteiger charge is -2.15. The van der Waals surface area contributed by atoms with E-state index in [2.05, 4.69) is 10.3 Å². The van der Waals surface area contributed by atoms with Gasteiger partial charge in [-0.15, -0.1) is 0 Å². The molecular formula is C22H18N2O4. The Kier molecular flexibility index (Phi) is 5.91. The van der Waals surface area contributed by atoms with Crippen LogP contribution in [0.3, 0.4) is 0 Å². The van der Waals surface area contributed by atoms with Gasteiger partial charge in [0.05, 0.1) is 0 Å². The number of ketones is 1. The fourth-order valence-electron chi connectivity index (χ4n) is 2.73. The minimum atomic E-state index is -1.13. The topological polar surface area (TPSA) is 96.4 Å². The third-order valence-electron chi connectivity index (χ3n) is 4.24. The van der Waals surface area contributed by atoms with Gasteiger partial charge in [-0.25, -0.2) is 4.79 Å². The van der Waals surface area contributed by atoms with E-state index in [4.69, 9.17) is 0 Å². The number of benzene rings is 2. The summed E-state index contributed by atoms with van der Waals surface area (Å²) < 4.78 is 0. The lowest BCUT2D eigenvalue weighted by molar-refractivity contribution is -0.139. The molecule has 140 valence electrons. The zero-order valence-electron chi connectivity index (χ0n) is 14.9. The zero-order chi connectivity index (χ0) is 19.9. The van der Waals surface area contributed by atoms with Crippen LogP contribution in [-0.2, 0) is 11.2 Å². The van der Waals surface area contributed by atoms with Gasteiger partial charge in [0, 0.05) is 35.5 Å². The number of nitrogens with zero attached hydrogens (tertiary/aromatic N) is 1. The second kappa shape index (κ2) is 8.73. The number of carbonyl (C=O) groups is 3. The van der Waals surface area contributed by atoms with E-state index in [1.807, 2.05) is 6.07 Å². The summed E-state index contributed by atoms with van der Waals surface area (Å²) in [5.74, 6) is -1.72. The maximum absolute atomic E-state index is 12.4. The third kappa shape index (κ3) is 4.67. The Balaban J connectivity index is 1.69. The van der Waals surface area contributed by atoms with Gasteiger partial charge in [-0.3, -0.25) is 14.6 Å². The molecule has 0 radical (unpaired) electrons. The van der Waals surface area contributed by atoms with Crippen LogP contribution in [0.25, 0.3) is 0 Å². The van der Waals surface area contributed by atoms with E-state index in [0.29, 0.717) is 22.3 Å². The van der Waals surface area contributed by atoms with Gasteiger partial charge in [0.1, 0.15) is 6.04 Å². The molecule has 6 heteroatoms. The van der Waals surface area contributed by atoms with Gasteiger partial charge in [-0.1, -0.05) is 54.6 Å². The summed E-state index contributed by atoms with van der Waals surface area (Å²) in [6.07, 6.45) is 3.03. The van der Waals surface area contributed by atoms with Crippen molar-refractivity contribution >= 4 is 17.7 Å². The molecule has 0 aliphatic rings. The summed E-state index contributed by atoms with van der Waals surface area (Å²) in [7, 11) is 0. The van der Waals surface area contributed by atoms with Crippen LogP contribution >= 0.6 is 0 Å². The summed E-state index contributed by atoms with van der Waals surface area (Å²) in [6.45, 7) is 0. The number of aliphatic carboxylic acids is 1. The fraction of sp³-hybridized carbons (Fsp3) is 0.0909. The van der Waals surface area contributed by atoms with Gasteiger partial charge in [0.25, 0.3) is 5.91 Å². The lowest BCUT2D eigenvalue weighted by Crippen LogP contribution is -2.42. The van der Waals surface area contributed by atoms with Gasteiger partial charge in [0.2, 0.25) is 0 Å². The summed E-state index contributed by atoms with van der Waals surface area (Å²) in [5, 5.41) is 12.0. The monoisotopic (exact) mass is 374 g/mol. The summed E-state index contributed by atoms with van der Waals surface area (Å²) in [5.41, 5.74) is 2.14. The number of carboxylic acids is 1. The highest BCUT2D eigenvalue weighted by Gasteiger charge is 2.21. The van der Waals surface area contributed by atoms with Crippen molar-refractivity contribution in [2.24, 2.45) is 0 Å². The van der Waals surface area contributed by atoms with Crippen LogP contribution in [0.2, 0.25) is 0 Å². The molecule has 0 aliphatic heterocycles. The fourth-order valence-corrected chi connectivity index (χ4v) is 2.73. The molecule has 0 aliphatic carbocycles. The molecule has 6 nitrogen and oxygen atoms in total. The van der Waals surface area contributed by atoms with Crippen molar-refractivity contribution < 1.29 is 19.5 Å². The highest BCUT2D eigenvalue weighted by molar-refractivity contribution is 6.08. The van der Waals surface area contributed by atoms with Crippen LogP contribution in [0, 0.1) is 0 Å². The van der Waals surface area contributed by atoms with Crippen molar-refractivity contribution in [1.82, 2.24) is 10.3 Å². The SMILES string of the molecule is O=C(N[C@@H](Cc1ccc(C(=O)c2ccccc2)cc1)C(=O)O)c1ccncc1. The first-order valence-corrected chi connectivity index (χ1v) is 8.67. The molecule has 1 amide bonds. The Labute approximate surface area is 161 Å². The third-order valence-corrected chi connectivity index (χ3v) is 4.24. The molecule has 1 atom stereocenters. The van der Waals surface area contributed by atoms with E-state index in [9.17, 15) is 19.5 Å². The van der Waals surface area contributed by atoms with Gasteiger partial charge >= 0.3 is 5.97 Å². The molecule has 1 heterocycles. The number of pyridine rings is 1. The van der Waals surface area contributed by atoms with Gasteiger partial charge in [-0.2, -0.15) is 0 Å². The van der Waals surface area contributed by atoms with E-state index >= 15 is 0 Å². The van der Waals surface area contributed by atoms with E-state index < -0.39 is 17.9 Å². The number of hydrogen-bond donors (Lipinski definition) is 2. The predicted octanol–water partition coefficient (Wildman–Crippen LogP) is 2.74. The molecule has 0 spiro atoms. The van der Waals surface area contributed by atoms with Crippen LogP contribution in [-0.4, -0.2) is 33.8 Å². The Morgan fingerprint density at radius 2 is 1.43 bits per heavy atom. The smallest absolute Gasteiger partial charge is 0.326 e. The Morgan fingerprint density at radius 3 is 2.04 bits per heavy atom. The van der Waals surface area contributed by atoms with Crippen LogP contribution in [0.15, 0.2) is 79.1 Å². The Morgan fingerprint density at radius 1 is 0.821 bits per heavy atom. The number of hydrogen-bond acceptors (Lipinski definition) is 4. The molecular weight excluding hydrogens is 356 g/mol. The second-order valence-electron chi connectivity index (χ2n) is 6.20. The molecule has 0 unspecified atom stereocenters. The maximum atomic E-state index is 12.4. The number of carboxylic acid groups (broad SMARTS) is 1. The molecule has 3 rings (SSSR count). The largest absolute Gasteiger partial charge is 0.480 e. The van der Waals surface area contributed by atoms with Crippen molar-refractivity contribution in [2.75, 3.05) is 0 Å². The molecule has 1 aromatic heterocycles. The standard InChI is InChI=1S/C22H18N2O4/c25-20(16-4-2-1-3-5-16)17-8-6-15(7-9-17)14-19(22(27)28)24-21(26)18-10-12-23-13-11-18/h1-13,19H,14H2,(H,24,26)(H,27,28)/t19-/m0/s1. The van der Waals surface area contributed by atoms with Crippen LogP contribution in [0.4, 0.5) is 0 Å². The highest BCUT2D eigenvalue weighted by atomic mass is 16.4. The molecule has 28 heavy (non-hydrogen) atoms. The van der Waals surface area contributed by atoms with Gasteiger partial charge < -0.3 is 10.4 Å². The maximum Gasteiger partial charge on any atom is 0.326 e. The molecule has 0 bridgehead atoms. The quantitative estimate of drug-likeness (QED) is 0.620. The molecule has 0 saturated heterocycles. The summed E-state index contributed by atoms with van der Waals surface area (Å²) in [6, 6.07) is 17.6. The van der Waals surface area contributed by atoms with Gasteiger partial charge in [0.15, 0.2) is 5.78 Å². The number of amides is 1. The predicted molar refractivity (Wildman–Crippen MR) is 103 cm³/mol. The number of carbonyl (C=O) groups excluding carboxylic acids is 2. The van der Waals surface area contributed by atoms with E-state index in [1.54, 1.807) is 48.5 Å². The summed E-state index contributed by atoms with van der Waals surface area (Å²) >= 11 is 0. The molecule has 0 fully saturated rings. The minimum Gasteiger partial charge on any atom is -0.480 e. The molecule has 2 aromatic carbocycles. The van der Waals surface area contributed by atoms with E-state index in [0.717, 1.165) is 0 Å². The van der Waals surface area contributed by atoms with E-state index in [1.165, 1.54) is 24.5 Å². The van der Waals surface area contributed by atoms with E-state index in [-0.39, 0.29) is 12.2 Å². The average Bonchev–Trinajstić information content (AvgIpc) is 2.74. The molecule has 2 N–H and O–H groups in total. The summed E-state index contributed by atoms with van der Waals surface area (Å²) in [4.78, 5) is 40.0. The van der Waals surface area contributed by atoms with Crippen molar-refractivity contribution in [3.8, 4) is 0 Å². The van der Waals surface area contributed by atoms with Crippen LogP contribution in [0.5, 0.6) is 0 Å². The van der Waals surface area contributed by atoms with Crippen molar-refractivity contribution in [2.45, 2.75) is 12.5 Å². The van der Waals surface area contributed by atoms with Crippen molar-refractivity contribution in [1.29, 1.82) is 0 Å². The normalized spacial score (nSPS) is 11.4. The van der Waals surface area contributed by atoms with Crippen molar-refractivity contribution in [3.05, 3.63) is 101 Å². The van der Waals surface area contributed by atoms with Crippen molar-refractivity contribution in [3.63, 3.8) is 0 Å².